The first-order chi connectivity index (χ1) is 13.8. The van der Waals surface area contributed by atoms with Crippen molar-refractivity contribution in [2.45, 2.75) is 18.7 Å². The lowest BCUT2D eigenvalue weighted by atomic mass is 10.1. The predicted molar refractivity (Wildman–Crippen MR) is 108 cm³/mol. The van der Waals surface area contributed by atoms with E-state index in [1.165, 1.54) is 33.5 Å². The number of ether oxygens (including phenoxy) is 3. The van der Waals surface area contributed by atoms with Crippen molar-refractivity contribution in [3.8, 4) is 28.6 Å². The summed E-state index contributed by atoms with van der Waals surface area (Å²) < 4.78 is 49.8. The zero-order valence-electron chi connectivity index (χ0n) is 16.8. The quantitative estimate of drug-likeness (QED) is 0.623. The Bertz CT molecular complexity index is 1140. The third-order valence-corrected chi connectivity index (χ3v) is 5.91. The standard InChI is InChI=1S/C20H22N2O6S/c1-12-13(2)21-28-20(12)14-6-8-17(26-4)19(10-14)29(23,24)22-15-7-9-16(25-3)18(11-15)27-5/h6-11,22H,1-5H3. The van der Waals surface area contributed by atoms with E-state index in [-0.39, 0.29) is 10.6 Å². The maximum Gasteiger partial charge on any atom is 0.265 e. The fourth-order valence-corrected chi connectivity index (χ4v) is 4.07. The number of hydrogen-bond donors (Lipinski definition) is 1. The molecule has 0 fully saturated rings. The molecule has 0 bridgehead atoms. The van der Waals surface area contributed by atoms with E-state index in [4.69, 9.17) is 18.7 Å². The number of aromatic nitrogens is 1. The van der Waals surface area contributed by atoms with Gasteiger partial charge in [0.1, 0.15) is 10.6 Å². The first-order valence-corrected chi connectivity index (χ1v) is 10.1. The molecule has 0 saturated heterocycles. The van der Waals surface area contributed by atoms with Crippen LogP contribution in [0.2, 0.25) is 0 Å². The molecule has 0 radical (unpaired) electrons. The van der Waals surface area contributed by atoms with Crippen LogP contribution in [0, 0.1) is 13.8 Å². The molecule has 1 heterocycles. The zero-order valence-corrected chi connectivity index (χ0v) is 17.6. The number of hydrogen-bond acceptors (Lipinski definition) is 7. The van der Waals surface area contributed by atoms with Gasteiger partial charge in [0.25, 0.3) is 10.0 Å². The minimum absolute atomic E-state index is 0.0271. The highest BCUT2D eigenvalue weighted by atomic mass is 32.2. The molecule has 0 aliphatic rings. The van der Waals surface area contributed by atoms with Gasteiger partial charge in [0.15, 0.2) is 17.3 Å². The van der Waals surface area contributed by atoms with Crippen LogP contribution in [0.3, 0.4) is 0 Å². The van der Waals surface area contributed by atoms with Gasteiger partial charge in [0, 0.05) is 17.2 Å². The van der Waals surface area contributed by atoms with E-state index in [1.54, 1.807) is 24.3 Å². The molecule has 0 aliphatic carbocycles. The Morgan fingerprint density at radius 1 is 0.897 bits per heavy atom. The minimum atomic E-state index is -3.97. The fourth-order valence-electron chi connectivity index (χ4n) is 2.82. The topological polar surface area (TPSA) is 99.9 Å². The molecule has 9 heteroatoms. The number of nitrogens with one attached hydrogen (secondary N) is 1. The third kappa shape index (κ3) is 4.00. The lowest BCUT2D eigenvalue weighted by Gasteiger charge is -2.14. The summed E-state index contributed by atoms with van der Waals surface area (Å²) in [5, 5.41) is 3.93. The number of nitrogens with zero attached hydrogens (tertiary/aromatic N) is 1. The minimum Gasteiger partial charge on any atom is -0.495 e. The van der Waals surface area contributed by atoms with E-state index < -0.39 is 10.0 Å². The molecule has 1 N–H and O–H groups in total. The number of methoxy groups -OCH3 is 3. The molecule has 0 unspecified atom stereocenters. The fraction of sp³-hybridized carbons (Fsp3) is 0.250. The molecule has 0 aliphatic heterocycles. The Morgan fingerprint density at radius 2 is 1.55 bits per heavy atom. The van der Waals surface area contributed by atoms with Gasteiger partial charge in [-0.25, -0.2) is 8.42 Å². The SMILES string of the molecule is COc1ccc(NS(=O)(=O)c2cc(-c3onc(C)c3C)ccc2OC)cc1OC. The molecule has 154 valence electrons. The number of aryl methyl sites for hydroxylation is 1. The van der Waals surface area contributed by atoms with Crippen molar-refractivity contribution in [2.24, 2.45) is 0 Å². The van der Waals surface area contributed by atoms with Crippen LogP contribution >= 0.6 is 0 Å². The molecule has 2 aromatic carbocycles. The largest absolute Gasteiger partial charge is 0.495 e. The van der Waals surface area contributed by atoms with Gasteiger partial charge in [0.2, 0.25) is 0 Å². The maximum atomic E-state index is 13.1. The lowest BCUT2D eigenvalue weighted by Crippen LogP contribution is -2.14. The highest BCUT2D eigenvalue weighted by Crippen LogP contribution is 2.35. The Labute approximate surface area is 169 Å². The van der Waals surface area contributed by atoms with Crippen molar-refractivity contribution in [1.82, 2.24) is 5.16 Å². The highest BCUT2D eigenvalue weighted by molar-refractivity contribution is 7.92. The van der Waals surface area contributed by atoms with E-state index in [0.717, 1.165) is 11.3 Å². The first kappa shape index (κ1) is 20.5. The first-order valence-electron chi connectivity index (χ1n) is 8.67. The molecular formula is C20H22N2O6S. The molecule has 3 rings (SSSR count). The van der Waals surface area contributed by atoms with Crippen molar-refractivity contribution in [3.63, 3.8) is 0 Å². The van der Waals surface area contributed by atoms with Crippen molar-refractivity contribution >= 4 is 15.7 Å². The Kier molecular flexibility index (Phi) is 5.69. The monoisotopic (exact) mass is 418 g/mol. The smallest absolute Gasteiger partial charge is 0.265 e. The average Bonchev–Trinajstić information content (AvgIpc) is 3.05. The third-order valence-electron chi connectivity index (χ3n) is 4.51. The van der Waals surface area contributed by atoms with Crippen molar-refractivity contribution in [3.05, 3.63) is 47.7 Å². The molecule has 0 amide bonds. The van der Waals surface area contributed by atoms with E-state index in [1.807, 2.05) is 13.8 Å². The molecule has 8 nitrogen and oxygen atoms in total. The average molecular weight is 418 g/mol. The normalized spacial score (nSPS) is 11.2. The van der Waals surface area contributed by atoms with Gasteiger partial charge in [-0.15, -0.1) is 0 Å². The Balaban J connectivity index is 2.04. The summed E-state index contributed by atoms with van der Waals surface area (Å²) in [5.74, 6) is 1.61. The zero-order chi connectivity index (χ0) is 21.2. The molecule has 0 spiro atoms. The number of sulfonamides is 1. The Morgan fingerprint density at radius 3 is 2.14 bits per heavy atom. The lowest BCUT2D eigenvalue weighted by molar-refractivity contribution is 0.355. The van der Waals surface area contributed by atoms with Gasteiger partial charge >= 0.3 is 0 Å². The van der Waals surface area contributed by atoms with Crippen molar-refractivity contribution in [2.75, 3.05) is 26.1 Å². The van der Waals surface area contributed by atoms with Gasteiger partial charge in [-0.2, -0.15) is 0 Å². The second kappa shape index (κ2) is 8.04. The van der Waals surface area contributed by atoms with Gasteiger partial charge in [-0.3, -0.25) is 4.72 Å². The number of benzene rings is 2. The van der Waals surface area contributed by atoms with E-state index in [9.17, 15) is 8.42 Å². The molecule has 0 atom stereocenters. The van der Waals surface area contributed by atoms with Gasteiger partial charge < -0.3 is 18.7 Å². The van der Waals surface area contributed by atoms with Crippen LogP contribution in [0.1, 0.15) is 11.3 Å². The van der Waals surface area contributed by atoms with Crippen LogP contribution in [0.15, 0.2) is 45.8 Å². The summed E-state index contributed by atoms with van der Waals surface area (Å²) in [6, 6.07) is 9.53. The van der Waals surface area contributed by atoms with Crippen LogP contribution in [0.5, 0.6) is 17.2 Å². The van der Waals surface area contributed by atoms with Gasteiger partial charge in [-0.1, -0.05) is 5.16 Å². The van der Waals surface area contributed by atoms with Crippen LogP contribution in [-0.2, 0) is 10.0 Å². The molecular weight excluding hydrogens is 396 g/mol. The molecule has 29 heavy (non-hydrogen) atoms. The highest BCUT2D eigenvalue weighted by Gasteiger charge is 2.23. The van der Waals surface area contributed by atoms with Crippen LogP contribution < -0.4 is 18.9 Å². The van der Waals surface area contributed by atoms with Gasteiger partial charge in [0.05, 0.1) is 32.7 Å². The summed E-state index contributed by atoms with van der Waals surface area (Å²) >= 11 is 0. The second-order valence-corrected chi connectivity index (χ2v) is 7.91. The van der Waals surface area contributed by atoms with Crippen LogP contribution in [0.25, 0.3) is 11.3 Å². The predicted octanol–water partition coefficient (Wildman–Crippen LogP) is 3.79. The van der Waals surface area contributed by atoms with Crippen molar-refractivity contribution in [1.29, 1.82) is 0 Å². The van der Waals surface area contributed by atoms with Crippen molar-refractivity contribution < 1.29 is 27.2 Å². The number of rotatable bonds is 7. The summed E-state index contributed by atoms with van der Waals surface area (Å²) in [4.78, 5) is -0.0271. The summed E-state index contributed by atoms with van der Waals surface area (Å²) in [5.41, 5.74) is 2.48. The second-order valence-electron chi connectivity index (χ2n) is 6.26. The molecule has 0 saturated carbocycles. The van der Waals surface area contributed by atoms with E-state index >= 15 is 0 Å². The Hall–Kier alpha value is -3.20. The van der Waals surface area contributed by atoms with Crippen LogP contribution in [-0.4, -0.2) is 34.9 Å². The summed E-state index contributed by atoms with van der Waals surface area (Å²) in [6.45, 7) is 3.68. The van der Waals surface area contributed by atoms with Gasteiger partial charge in [-0.05, 0) is 44.2 Å². The summed E-state index contributed by atoms with van der Waals surface area (Å²) in [6.07, 6.45) is 0. The number of anilines is 1. The maximum absolute atomic E-state index is 13.1. The van der Waals surface area contributed by atoms with E-state index in [2.05, 4.69) is 9.88 Å². The summed E-state index contributed by atoms with van der Waals surface area (Å²) in [7, 11) is 0.422. The van der Waals surface area contributed by atoms with E-state index in [0.29, 0.717) is 28.5 Å². The molecule has 3 aromatic rings. The molecule has 1 aromatic heterocycles. The van der Waals surface area contributed by atoms with Crippen LogP contribution in [0.4, 0.5) is 5.69 Å².